The molecule has 2 N–H and O–H groups in total. The Kier molecular flexibility index (Phi) is 4.58. The summed E-state index contributed by atoms with van der Waals surface area (Å²) >= 11 is 0. The van der Waals surface area contributed by atoms with Gasteiger partial charge in [-0.2, -0.15) is 0 Å². The molecule has 0 saturated heterocycles. The van der Waals surface area contributed by atoms with Gasteiger partial charge in [-0.1, -0.05) is 29.8 Å². The number of carbonyl (C=O) groups excluding carboxylic acids is 1. The van der Waals surface area contributed by atoms with E-state index in [9.17, 15) is 9.90 Å². The van der Waals surface area contributed by atoms with Crippen LogP contribution in [0.1, 0.15) is 30.2 Å². The molecule has 4 heteroatoms. The molecule has 20 heavy (non-hydrogen) atoms. The van der Waals surface area contributed by atoms with Gasteiger partial charge < -0.3 is 15.0 Å². The van der Waals surface area contributed by atoms with Gasteiger partial charge in [0.1, 0.15) is 6.04 Å². The van der Waals surface area contributed by atoms with Crippen LogP contribution in [0.15, 0.2) is 48.8 Å². The minimum atomic E-state index is -0.684. The van der Waals surface area contributed by atoms with E-state index in [0.29, 0.717) is 0 Å². The number of amides is 1. The molecule has 2 aromatic rings. The normalized spacial score (nSPS) is 13.8. The lowest BCUT2D eigenvalue weighted by Crippen LogP contribution is -2.33. The van der Waals surface area contributed by atoms with Gasteiger partial charge in [-0.15, -0.1) is 0 Å². The lowest BCUT2D eigenvalue weighted by Gasteiger charge is -2.16. The van der Waals surface area contributed by atoms with E-state index in [2.05, 4.69) is 5.32 Å². The molecule has 2 rings (SSSR count). The second-order valence-corrected chi connectivity index (χ2v) is 4.98. The van der Waals surface area contributed by atoms with Gasteiger partial charge in [0.05, 0.1) is 6.10 Å². The Morgan fingerprint density at radius 3 is 2.45 bits per heavy atom. The van der Waals surface area contributed by atoms with Gasteiger partial charge in [-0.3, -0.25) is 4.79 Å². The van der Waals surface area contributed by atoms with Crippen LogP contribution in [0, 0.1) is 6.92 Å². The molecule has 2 unspecified atom stereocenters. The summed E-state index contributed by atoms with van der Waals surface area (Å²) < 4.78 is 1.83. The highest BCUT2D eigenvalue weighted by molar-refractivity contribution is 5.79. The lowest BCUT2D eigenvalue weighted by molar-refractivity contribution is -0.124. The number of benzene rings is 1. The average Bonchev–Trinajstić information content (AvgIpc) is 2.98. The summed E-state index contributed by atoms with van der Waals surface area (Å²) in [7, 11) is 0. The molecule has 0 bridgehead atoms. The Hall–Kier alpha value is -2.07. The van der Waals surface area contributed by atoms with Crippen molar-refractivity contribution in [1.29, 1.82) is 0 Å². The van der Waals surface area contributed by atoms with Crippen molar-refractivity contribution in [2.45, 2.75) is 26.0 Å². The molecule has 0 radical (unpaired) electrons. The topological polar surface area (TPSA) is 54.3 Å². The molecule has 106 valence electrons. The largest absolute Gasteiger partial charge is 0.387 e. The SMILES string of the molecule is Cc1ccc(C(O)CNC(=O)C(C)n2cccc2)cc1. The molecule has 1 amide bonds. The second-order valence-electron chi connectivity index (χ2n) is 4.98. The molecule has 0 fully saturated rings. The third kappa shape index (κ3) is 3.48. The van der Waals surface area contributed by atoms with Crippen molar-refractivity contribution in [2.75, 3.05) is 6.54 Å². The van der Waals surface area contributed by atoms with Crippen molar-refractivity contribution in [3.05, 3.63) is 59.9 Å². The number of aromatic nitrogens is 1. The van der Waals surface area contributed by atoms with Crippen LogP contribution in [0.3, 0.4) is 0 Å². The monoisotopic (exact) mass is 272 g/mol. The first kappa shape index (κ1) is 14.3. The van der Waals surface area contributed by atoms with Crippen molar-refractivity contribution >= 4 is 5.91 Å². The number of hydrogen-bond acceptors (Lipinski definition) is 2. The number of nitrogens with zero attached hydrogens (tertiary/aromatic N) is 1. The summed E-state index contributed by atoms with van der Waals surface area (Å²) in [4.78, 5) is 12.0. The zero-order valence-electron chi connectivity index (χ0n) is 11.8. The predicted octanol–water partition coefficient (Wildman–Crippen LogP) is 2.21. The van der Waals surface area contributed by atoms with Crippen LogP contribution >= 0.6 is 0 Å². The molecule has 0 saturated carbocycles. The molecule has 1 heterocycles. The van der Waals surface area contributed by atoms with Gasteiger partial charge in [0, 0.05) is 18.9 Å². The molecule has 0 aliphatic heterocycles. The van der Waals surface area contributed by atoms with E-state index in [4.69, 9.17) is 0 Å². The summed E-state index contributed by atoms with van der Waals surface area (Å²) in [6.07, 6.45) is 3.01. The summed E-state index contributed by atoms with van der Waals surface area (Å²) in [5.74, 6) is -0.104. The molecule has 1 aromatic heterocycles. The number of nitrogens with one attached hydrogen (secondary N) is 1. The van der Waals surface area contributed by atoms with Crippen LogP contribution in [-0.2, 0) is 4.79 Å². The molecule has 0 spiro atoms. The average molecular weight is 272 g/mol. The van der Waals surface area contributed by atoms with E-state index in [1.807, 2.05) is 67.2 Å². The highest BCUT2D eigenvalue weighted by atomic mass is 16.3. The Bertz CT molecular complexity index is 546. The molecule has 0 aliphatic carbocycles. The highest BCUT2D eigenvalue weighted by Gasteiger charge is 2.15. The number of aryl methyl sites for hydroxylation is 1. The first-order chi connectivity index (χ1) is 9.58. The van der Waals surface area contributed by atoms with Crippen LogP contribution in [0.2, 0.25) is 0 Å². The van der Waals surface area contributed by atoms with E-state index in [1.54, 1.807) is 0 Å². The molecular formula is C16H20N2O2. The van der Waals surface area contributed by atoms with Crippen molar-refractivity contribution in [3.8, 4) is 0 Å². The zero-order valence-corrected chi connectivity index (χ0v) is 11.8. The second kappa shape index (κ2) is 6.39. The quantitative estimate of drug-likeness (QED) is 0.876. The number of aliphatic hydroxyl groups is 1. The molecule has 4 nitrogen and oxygen atoms in total. The zero-order chi connectivity index (χ0) is 14.5. The Balaban J connectivity index is 1.88. The highest BCUT2D eigenvalue weighted by Crippen LogP contribution is 2.13. The molecular weight excluding hydrogens is 252 g/mol. The number of carbonyl (C=O) groups is 1. The molecule has 1 aromatic carbocycles. The maximum absolute atomic E-state index is 12.0. The van der Waals surface area contributed by atoms with Crippen LogP contribution in [0.25, 0.3) is 0 Å². The van der Waals surface area contributed by atoms with E-state index in [0.717, 1.165) is 11.1 Å². The minimum absolute atomic E-state index is 0.104. The van der Waals surface area contributed by atoms with E-state index >= 15 is 0 Å². The minimum Gasteiger partial charge on any atom is -0.387 e. The third-order valence-electron chi connectivity index (χ3n) is 3.39. The number of aliphatic hydroxyl groups excluding tert-OH is 1. The van der Waals surface area contributed by atoms with Gasteiger partial charge >= 0.3 is 0 Å². The third-order valence-corrected chi connectivity index (χ3v) is 3.39. The van der Waals surface area contributed by atoms with E-state index < -0.39 is 6.10 Å². The van der Waals surface area contributed by atoms with Gasteiger partial charge in [0.25, 0.3) is 0 Å². The smallest absolute Gasteiger partial charge is 0.242 e. The van der Waals surface area contributed by atoms with Crippen LogP contribution < -0.4 is 5.32 Å². The number of hydrogen-bond donors (Lipinski definition) is 2. The summed E-state index contributed by atoms with van der Waals surface area (Å²) in [6.45, 7) is 4.04. The summed E-state index contributed by atoms with van der Waals surface area (Å²) in [5, 5.41) is 12.8. The van der Waals surface area contributed by atoms with Crippen molar-refractivity contribution < 1.29 is 9.90 Å². The van der Waals surface area contributed by atoms with Crippen LogP contribution in [0.4, 0.5) is 0 Å². The Labute approximate surface area is 119 Å². The fraction of sp³-hybridized carbons (Fsp3) is 0.312. The van der Waals surface area contributed by atoms with Crippen molar-refractivity contribution in [3.63, 3.8) is 0 Å². The van der Waals surface area contributed by atoms with E-state index in [-0.39, 0.29) is 18.5 Å². The van der Waals surface area contributed by atoms with Crippen molar-refractivity contribution in [2.24, 2.45) is 0 Å². The predicted molar refractivity (Wildman–Crippen MR) is 78.3 cm³/mol. The van der Waals surface area contributed by atoms with Crippen LogP contribution in [0.5, 0.6) is 0 Å². The fourth-order valence-electron chi connectivity index (χ4n) is 1.99. The first-order valence-electron chi connectivity index (χ1n) is 6.72. The van der Waals surface area contributed by atoms with E-state index in [1.165, 1.54) is 0 Å². The first-order valence-corrected chi connectivity index (χ1v) is 6.72. The standard InChI is InChI=1S/C16H20N2O2/c1-12-5-7-14(8-6-12)15(19)11-17-16(20)13(2)18-9-3-4-10-18/h3-10,13,15,19H,11H2,1-2H3,(H,17,20). The molecule has 0 aliphatic rings. The van der Waals surface area contributed by atoms with Gasteiger partial charge in [-0.25, -0.2) is 0 Å². The Morgan fingerprint density at radius 2 is 1.85 bits per heavy atom. The fourth-order valence-corrected chi connectivity index (χ4v) is 1.99. The maximum Gasteiger partial charge on any atom is 0.242 e. The summed E-state index contributed by atoms with van der Waals surface area (Å²) in [6, 6.07) is 11.1. The maximum atomic E-state index is 12.0. The van der Waals surface area contributed by atoms with Crippen LogP contribution in [-0.4, -0.2) is 22.1 Å². The lowest BCUT2D eigenvalue weighted by atomic mass is 10.1. The Morgan fingerprint density at radius 1 is 1.25 bits per heavy atom. The van der Waals surface area contributed by atoms with Gasteiger partial charge in [-0.05, 0) is 31.5 Å². The number of rotatable bonds is 5. The van der Waals surface area contributed by atoms with Gasteiger partial charge in [0.15, 0.2) is 0 Å². The summed E-state index contributed by atoms with van der Waals surface area (Å²) in [5.41, 5.74) is 1.95. The molecule has 2 atom stereocenters. The van der Waals surface area contributed by atoms with Gasteiger partial charge in [0.2, 0.25) is 5.91 Å². The van der Waals surface area contributed by atoms with Crippen molar-refractivity contribution in [1.82, 2.24) is 9.88 Å².